The molecule has 1 atom stereocenters. The average Bonchev–Trinajstić information content (AvgIpc) is 2.29. The van der Waals surface area contributed by atoms with Gasteiger partial charge in [-0.15, -0.1) is 0 Å². The lowest BCUT2D eigenvalue weighted by Gasteiger charge is -2.52. The number of ether oxygens (including phenoxy) is 1. The van der Waals surface area contributed by atoms with Crippen molar-refractivity contribution in [2.24, 2.45) is 5.92 Å². The SMILES string of the molecule is CCOC(=O)C1(NC(C)C)CN2CCC1CC2. The summed E-state index contributed by atoms with van der Waals surface area (Å²) in [7, 11) is 0. The quantitative estimate of drug-likeness (QED) is 0.745. The molecule has 3 rings (SSSR count). The van der Waals surface area contributed by atoms with Crippen LogP contribution in [0.1, 0.15) is 33.6 Å². The maximum Gasteiger partial charge on any atom is 0.327 e. The molecule has 0 aromatic rings. The molecular formula is C13H24N2O2. The summed E-state index contributed by atoms with van der Waals surface area (Å²) in [6.45, 7) is 9.61. The van der Waals surface area contributed by atoms with Gasteiger partial charge < -0.3 is 9.64 Å². The van der Waals surface area contributed by atoms with E-state index in [1.54, 1.807) is 0 Å². The number of carbonyl (C=O) groups excluding carboxylic acids is 1. The average molecular weight is 240 g/mol. The van der Waals surface area contributed by atoms with Crippen molar-refractivity contribution in [2.45, 2.75) is 45.2 Å². The van der Waals surface area contributed by atoms with Crippen LogP contribution in [0.5, 0.6) is 0 Å². The van der Waals surface area contributed by atoms with E-state index in [2.05, 4.69) is 24.1 Å². The zero-order valence-electron chi connectivity index (χ0n) is 11.2. The van der Waals surface area contributed by atoms with Gasteiger partial charge in [0.2, 0.25) is 0 Å². The highest BCUT2D eigenvalue weighted by Crippen LogP contribution is 2.36. The number of carbonyl (C=O) groups is 1. The normalized spacial score (nSPS) is 36.2. The molecule has 3 aliphatic rings. The van der Waals surface area contributed by atoms with Crippen LogP contribution in [-0.2, 0) is 9.53 Å². The number of piperidine rings is 3. The van der Waals surface area contributed by atoms with E-state index >= 15 is 0 Å². The van der Waals surface area contributed by atoms with E-state index in [1.165, 1.54) is 0 Å². The molecule has 0 aliphatic carbocycles. The second-order valence-electron chi connectivity index (χ2n) is 5.54. The molecule has 2 bridgehead atoms. The Balaban J connectivity index is 2.20. The molecule has 3 saturated heterocycles. The molecule has 0 spiro atoms. The lowest BCUT2D eigenvalue weighted by Crippen LogP contribution is -2.71. The van der Waals surface area contributed by atoms with Gasteiger partial charge in [0, 0.05) is 12.6 Å². The molecule has 4 heteroatoms. The molecular weight excluding hydrogens is 216 g/mol. The van der Waals surface area contributed by atoms with Crippen LogP contribution in [0.2, 0.25) is 0 Å². The fourth-order valence-electron chi connectivity index (χ4n) is 3.29. The molecule has 0 aromatic carbocycles. The smallest absolute Gasteiger partial charge is 0.327 e. The Bertz CT molecular complexity index is 281. The molecule has 1 unspecified atom stereocenters. The predicted molar refractivity (Wildman–Crippen MR) is 66.8 cm³/mol. The third-order valence-electron chi connectivity index (χ3n) is 3.94. The zero-order valence-corrected chi connectivity index (χ0v) is 11.2. The molecule has 0 aromatic heterocycles. The van der Waals surface area contributed by atoms with Crippen LogP contribution >= 0.6 is 0 Å². The monoisotopic (exact) mass is 240 g/mol. The summed E-state index contributed by atoms with van der Waals surface area (Å²) < 4.78 is 5.31. The van der Waals surface area contributed by atoms with E-state index < -0.39 is 5.54 Å². The van der Waals surface area contributed by atoms with Crippen molar-refractivity contribution in [1.29, 1.82) is 0 Å². The first-order valence-electron chi connectivity index (χ1n) is 6.75. The van der Waals surface area contributed by atoms with Gasteiger partial charge in [0.25, 0.3) is 0 Å². The summed E-state index contributed by atoms with van der Waals surface area (Å²) in [5, 5.41) is 3.50. The summed E-state index contributed by atoms with van der Waals surface area (Å²) in [5.74, 6) is 0.386. The van der Waals surface area contributed by atoms with E-state index in [-0.39, 0.29) is 5.97 Å². The fraction of sp³-hybridized carbons (Fsp3) is 0.923. The van der Waals surface area contributed by atoms with Crippen molar-refractivity contribution >= 4 is 5.97 Å². The molecule has 3 fully saturated rings. The fourth-order valence-corrected chi connectivity index (χ4v) is 3.29. The first-order chi connectivity index (χ1) is 8.08. The zero-order chi connectivity index (χ0) is 12.5. The third kappa shape index (κ3) is 2.33. The Morgan fingerprint density at radius 1 is 1.47 bits per heavy atom. The minimum absolute atomic E-state index is 0.0527. The van der Waals surface area contributed by atoms with Crippen molar-refractivity contribution in [2.75, 3.05) is 26.2 Å². The van der Waals surface area contributed by atoms with Crippen LogP contribution in [0, 0.1) is 5.92 Å². The van der Waals surface area contributed by atoms with Gasteiger partial charge in [0.05, 0.1) is 6.61 Å². The van der Waals surface area contributed by atoms with Crippen molar-refractivity contribution in [3.05, 3.63) is 0 Å². The third-order valence-corrected chi connectivity index (χ3v) is 3.94. The molecule has 3 aliphatic heterocycles. The number of nitrogens with zero attached hydrogens (tertiary/aromatic N) is 1. The van der Waals surface area contributed by atoms with E-state index in [4.69, 9.17) is 4.74 Å². The van der Waals surface area contributed by atoms with Gasteiger partial charge in [-0.25, -0.2) is 4.79 Å². The minimum atomic E-state index is -0.458. The van der Waals surface area contributed by atoms with Crippen LogP contribution in [0.3, 0.4) is 0 Å². The number of hydrogen-bond acceptors (Lipinski definition) is 4. The van der Waals surface area contributed by atoms with Gasteiger partial charge in [0.1, 0.15) is 5.54 Å². The number of nitrogens with one attached hydrogen (secondary N) is 1. The van der Waals surface area contributed by atoms with Crippen LogP contribution in [0.4, 0.5) is 0 Å². The van der Waals surface area contributed by atoms with E-state index in [9.17, 15) is 4.79 Å². The molecule has 98 valence electrons. The Labute approximate surface area is 104 Å². The van der Waals surface area contributed by atoms with E-state index in [0.717, 1.165) is 32.5 Å². The second kappa shape index (κ2) is 4.94. The van der Waals surface area contributed by atoms with Crippen molar-refractivity contribution < 1.29 is 9.53 Å². The molecule has 0 amide bonds. The molecule has 0 saturated carbocycles. The van der Waals surface area contributed by atoms with Crippen LogP contribution in [0.15, 0.2) is 0 Å². The van der Waals surface area contributed by atoms with Crippen molar-refractivity contribution in [3.8, 4) is 0 Å². The molecule has 0 radical (unpaired) electrons. The van der Waals surface area contributed by atoms with Gasteiger partial charge in [-0.3, -0.25) is 5.32 Å². The molecule has 17 heavy (non-hydrogen) atoms. The highest BCUT2D eigenvalue weighted by Gasteiger charge is 2.53. The van der Waals surface area contributed by atoms with E-state index in [1.807, 2.05) is 6.92 Å². The lowest BCUT2D eigenvalue weighted by atomic mass is 9.72. The lowest BCUT2D eigenvalue weighted by molar-refractivity contribution is -0.161. The topological polar surface area (TPSA) is 41.6 Å². The summed E-state index contributed by atoms with van der Waals surface area (Å²) >= 11 is 0. The van der Waals surface area contributed by atoms with Gasteiger partial charge in [-0.1, -0.05) is 0 Å². The Morgan fingerprint density at radius 2 is 2.12 bits per heavy atom. The van der Waals surface area contributed by atoms with Crippen LogP contribution in [-0.4, -0.2) is 48.7 Å². The van der Waals surface area contributed by atoms with Gasteiger partial charge >= 0.3 is 5.97 Å². The predicted octanol–water partition coefficient (Wildman–Crippen LogP) is 1.01. The van der Waals surface area contributed by atoms with Gasteiger partial charge in [-0.2, -0.15) is 0 Å². The Morgan fingerprint density at radius 3 is 2.53 bits per heavy atom. The van der Waals surface area contributed by atoms with Crippen LogP contribution < -0.4 is 5.32 Å². The second-order valence-corrected chi connectivity index (χ2v) is 5.54. The summed E-state index contributed by atoms with van der Waals surface area (Å²) in [6.07, 6.45) is 2.22. The van der Waals surface area contributed by atoms with Gasteiger partial charge in [-0.05, 0) is 52.6 Å². The maximum atomic E-state index is 12.3. The first-order valence-corrected chi connectivity index (χ1v) is 6.75. The summed E-state index contributed by atoms with van der Waals surface area (Å²) in [6, 6.07) is 0.306. The standard InChI is InChI=1S/C13H24N2O2/c1-4-17-12(16)13(14-10(2)3)9-15-7-5-11(13)6-8-15/h10-11,14H,4-9H2,1-3H3. The largest absolute Gasteiger partial charge is 0.465 e. The Hall–Kier alpha value is -0.610. The highest BCUT2D eigenvalue weighted by molar-refractivity contribution is 5.82. The number of hydrogen-bond donors (Lipinski definition) is 1. The minimum Gasteiger partial charge on any atom is -0.465 e. The molecule has 3 heterocycles. The Kier molecular flexibility index (Phi) is 3.73. The maximum absolute atomic E-state index is 12.3. The summed E-state index contributed by atoms with van der Waals surface area (Å²) in [4.78, 5) is 14.7. The first kappa shape index (κ1) is 12.8. The number of fused-ring (bicyclic) bond motifs is 3. The van der Waals surface area contributed by atoms with E-state index in [0.29, 0.717) is 18.6 Å². The highest BCUT2D eigenvalue weighted by atomic mass is 16.5. The molecule has 4 nitrogen and oxygen atoms in total. The van der Waals surface area contributed by atoms with Crippen molar-refractivity contribution in [1.82, 2.24) is 10.2 Å². The van der Waals surface area contributed by atoms with Crippen molar-refractivity contribution in [3.63, 3.8) is 0 Å². The van der Waals surface area contributed by atoms with Gasteiger partial charge in [0.15, 0.2) is 0 Å². The number of rotatable bonds is 4. The number of esters is 1. The van der Waals surface area contributed by atoms with Crippen LogP contribution in [0.25, 0.3) is 0 Å². The summed E-state index contributed by atoms with van der Waals surface area (Å²) in [5.41, 5.74) is -0.458. The molecule has 1 N–H and O–H groups in total.